The highest BCUT2D eigenvalue weighted by Gasteiger charge is 2.30. The highest BCUT2D eigenvalue weighted by Crippen LogP contribution is 2.32. The molecular weight excluding hydrogens is 405 g/mol. The van der Waals surface area contributed by atoms with Gasteiger partial charge in [-0.2, -0.15) is 13.2 Å². The van der Waals surface area contributed by atoms with Crippen molar-refractivity contribution in [1.82, 2.24) is 10.3 Å². The molecule has 0 saturated heterocycles. The van der Waals surface area contributed by atoms with E-state index in [-0.39, 0.29) is 18.2 Å². The van der Waals surface area contributed by atoms with E-state index in [0.717, 1.165) is 28.6 Å². The van der Waals surface area contributed by atoms with Gasteiger partial charge in [-0.1, -0.05) is 24.3 Å². The Hall–Kier alpha value is -3.87. The number of fused-ring (bicyclic) bond motifs is 1. The minimum absolute atomic E-state index is 0.0841. The molecule has 0 aliphatic carbocycles. The molecule has 0 radical (unpaired) electrons. The van der Waals surface area contributed by atoms with Crippen LogP contribution in [0.4, 0.5) is 13.2 Å². The maximum absolute atomic E-state index is 12.9. The summed E-state index contributed by atoms with van der Waals surface area (Å²) in [5.74, 6) is 0.221. The van der Waals surface area contributed by atoms with Crippen LogP contribution in [0, 0.1) is 0 Å². The molecule has 1 heterocycles. The molecular formula is C24H17F3N2O2. The van der Waals surface area contributed by atoms with Crippen molar-refractivity contribution in [3.05, 3.63) is 102 Å². The van der Waals surface area contributed by atoms with E-state index in [9.17, 15) is 18.0 Å². The van der Waals surface area contributed by atoms with Crippen molar-refractivity contribution in [1.29, 1.82) is 0 Å². The maximum Gasteiger partial charge on any atom is 0.416 e. The first-order chi connectivity index (χ1) is 14.9. The number of rotatable bonds is 5. The Kier molecular flexibility index (Phi) is 5.58. The second kappa shape index (κ2) is 8.47. The number of nitrogens with zero attached hydrogens (tertiary/aromatic N) is 1. The number of hydrogen-bond acceptors (Lipinski definition) is 3. The summed E-state index contributed by atoms with van der Waals surface area (Å²) in [7, 11) is 0. The smallest absolute Gasteiger partial charge is 0.416 e. The predicted molar refractivity (Wildman–Crippen MR) is 111 cm³/mol. The third-order valence-electron chi connectivity index (χ3n) is 4.61. The number of aromatic nitrogens is 1. The van der Waals surface area contributed by atoms with Gasteiger partial charge in [0, 0.05) is 23.7 Å². The molecule has 4 aromatic rings. The van der Waals surface area contributed by atoms with E-state index in [1.54, 1.807) is 54.7 Å². The largest absolute Gasteiger partial charge is 0.457 e. The Bertz CT molecular complexity index is 1240. The summed E-state index contributed by atoms with van der Waals surface area (Å²) in [5, 5.41) is 3.70. The first-order valence-corrected chi connectivity index (χ1v) is 9.45. The molecule has 0 atom stereocenters. The lowest BCUT2D eigenvalue weighted by Crippen LogP contribution is -2.22. The lowest BCUT2D eigenvalue weighted by molar-refractivity contribution is -0.137. The third kappa shape index (κ3) is 5.01. The first-order valence-electron chi connectivity index (χ1n) is 9.45. The Morgan fingerprint density at radius 3 is 2.48 bits per heavy atom. The van der Waals surface area contributed by atoms with E-state index in [1.807, 2.05) is 6.07 Å². The minimum Gasteiger partial charge on any atom is -0.457 e. The van der Waals surface area contributed by atoms with Crippen molar-refractivity contribution in [2.45, 2.75) is 12.7 Å². The average molecular weight is 422 g/mol. The second-order valence-electron chi connectivity index (χ2n) is 6.87. The van der Waals surface area contributed by atoms with E-state index < -0.39 is 11.7 Å². The molecule has 0 aliphatic rings. The molecule has 0 unspecified atom stereocenters. The van der Waals surface area contributed by atoms with Gasteiger partial charge in [-0.3, -0.25) is 9.78 Å². The highest BCUT2D eigenvalue weighted by molar-refractivity contribution is 5.97. The third-order valence-corrected chi connectivity index (χ3v) is 4.61. The number of alkyl halides is 3. The number of hydrogen-bond donors (Lipinski definition) is 1. The van der Waals surface area contributed by atoms with Gasteiger partial charge in [-0.15, -0.1) is 0 Å². The Balaban J connectivity index is 1.43. The van der Waals surface area contributed by atoms with E-state index in [2.05, 4.69) is 10.3 Å². The Morgan fingerprint density at radius 1 is 0.903 bits per heavy atom. The van der Waals surface area contributed by atoms with Crippen LogP contribution in [-0.2, 0) is 12.7 Å². The summed E-state index contributed by atoms with van der Waals surface area (Å²) in [6.45, 7) is 0.240. The molecule has 4 rings (SSSR count). The van der Waals surface area contributed by atoms with Gasteiger partial charge in [0.1, 0.15) is 11.5 Å². The highest BCUT2D eigenvalue weighted by atomic mass is 19.4. The molecule has 0 spiro atoms. The van der Waals surface area contributed by atoms with Crippen molar-refractivity contribution >= 4 is 16.8 Å². The fraction of sp³-hybridized carbons (Fsp3) is 0.0833. The van der Waals surface area contributed by atoms with Gasteiger partial charge >= 0.3 is 6.18 Å². The summed E-state index contributed by atoms with van der Waals surface area (Å²) in [5.41, 5.74) is 1.29. The lowest BCUT2D eigenvalue weighted by Gasteiger charge is -2.11. The van der Waals surface area contributed by atoms with E-state index in [1.165, 1.54) is 12.1 Å². The SMILES string of the molecule is O=C(NCc1cccc(Oc2cccc(C(F)(F)F)c2)c1)c1ccc2ncccc2c1. The molecule has 4 nitrogen and oxygen atoms in total. The number of pyridine rings is 1. The van der Waals surface area contributed by atoms with Crippen LogP contribution in [0.2, 0.25) is 0 Å². The summed E-state index contributed by atoms with van der Waals surface area (Å²) in [4.78, 5) is 16.7. The van der Waals surface area contributed by atoms with Gasteiger partial charge in [0.05, 0.1) is 11.1 Å². The predicted octanol–water partition coefficient (Wildman–Crippen LogP) is 5.98. The number of halogens is 3. The van der Waals surface area contributed by atoms with Crippen molar-refractivity contribution in [2.75, 3.05) is 0 Å². The zero-order valence-electron chi connectivity index (χ0n) is 16.2. The van der Waals surface area contributed by atoms with Crippen molar-refractivity contribution < 1.29 is 22.7 Å². The number of carbonyl (C=O) groups is 1. The molecule has 1 aromatic heterocycles. The molecule has 7 heteroatoms. The number of nitrogens with one attached hydrogen (secondary N) is 1. The van der Waals surface area contributed by atoms with Gasteiger partial charge in [0.15, 0.2) is 0 Å². The van der Waals surface area contributed by atoms with E-state index in [0.29, 0.717) is 11.3 Å². The molecule has 1 amide bonds. The molecule has 0 aliphatic heterocycles. The quantitative estimate of drug-likeness (QED) is 0.431. The first kappa shape index (κ1) is 20.4. The van der Waals surface area contributed by atoms with Crippen LogP contribution in [0.15, 0.2) is 85.1 Å². The molecule has 0 fully saturated rings. The van der Waals surface area contributed by atoms with Crippen LogP contribution in [0.3, 0.4) is 0 Å². The van der Waals surface area contributed by atoms with Crippen LogP contribution in [0.5, 0.6) is 11.5 Å². The minimum atomic E-state index is -4.44. The fourth-order valence-corrected chi connectivity index (χ4v) is 3.09. The second-order valence-corrected chi connectivity index (χ2v) is 6.87. The normalized spacial score (nSPS) is 11.3. The van der Waals surface area contributed by atoms with Gasteiger partial charge in [0.25, 0.3) is 5.91 Å². The average Bonchev–Trinajstić information content (AvgIpc) is 2.77. The van der Waals surface area contributed by atoms with E-state index >= 15 is 0 Å². The number of carbonyl (C=O) groups excluding carboxylic acids is 1. The summed E-state index contributed by atoms with van der Waals surface area (Å²) >= 11 is 0. The van der Waals surface area contributed by atoms with Crippen LogP contribution in [-0.4, -0.2) is 10.9 Å². The zero-order chi connectivity index (χ0) is 21.8. The molecule has 0 bridgehead atoms. The lowest BCUT2D eigenvalue weighted by atomic mass is 10.1. The number of amides is 1. The van der Waals surface area contributed by atoms with Crippen LogP contribution in [0.25, 0.3) is 10.9 Å². The van der Waals surface area contributed by atoms with Gasteiger partial charge in [-0.25, -0.2) is 0 Å². The van der Waals surface area contributed by atoms with Crippen LogP contribution < -0.4 is 10.1 Å². The summed E-state index contributed by atoms with van der Waals surface area (Å²) < 4.78 is 44.2. The van der Waals surface area contributed by atoms with Crippen molar-refractivity contribution in [3.8, 4) is 11.5 Å². The number of ether oxygens (including phenoxy) is 1. The molecule has 1 N–H and O–H groups in total. The molecule has 3 aromatic carbocycles. The maximum atomic E-state index is 12.9. The standard InChI is InChI=1S/C24H17F3N2O2/c25-24(26,27)19-6-2-8-21(14-19)31-20-7-1-4-16(12-20)15-29-23(30)18-9-10-22-17(13-18)5-3-11-28-22/h1-14H,15H2,(H,29,30). The zero-order valence-corrected chi connectivity index (χ0v) is 16.2. The molecule has 0 saturated carbocycles. The van der Waals surface area contributed by atoms with Crippen molar-refractivity contribution in [2.24, 2.45) is 0 Å². The van der Waals surface area contributed by atoms with Gasteiger partial charge < -0.3 is 10.1 Å². The fourth-order valence-electron chi connectivity index (χ4n) is 3.09. The number of benzene rings is 3. The summed E-state index contributed by atoms with van der Waals surface area (Å²) in [6, 6.07) is 20.5. The van der Waals surface area contributed by atoms with E-state index in [4.69, 9.17) is 4.74 Å². The summed E-state index contributed by atoms with van der Waals surface area (Å²) in [6.07, 6.45) is -2.75. The van der Waals surface area contributed by atoms with Crippen LogP contribution in [0.1, 0.15) is 21.5 Å². The van der Waals surface area contributed by atoms with Gasteiger partial charge in [-0.05, 0) is 60.2 Å². The van der Waals surface area contributed by atoms with Crippen molar-refractivity contribution in [3.63, 3.8) is 0 Å². The molecule has 156 valence electrons. The van der Waals surface area contributed by atoms with Crippen LogP contribution >= 0.6 is 0 Å². The monoisotopic (exact) mass is 422 g/mol. The molecule has 31 heavy (non-hydrogen) atoms. The Morgan fingerprint density at radius 2 is 1.68 bits per heavy atom. The van der Waals surface area contributed by atoms with Gasteiger partial charge in [0.2, 0.25) is 0 Å². The Labute approximate surface area is 176 Å². The topological polar surface area (TPSA) is 51.2 Å².